The third kappa shape index (κ3) is 2.22. The summed E-state index contributed by atoms with van der Waals surface area (Å²) in [5, 5.41) is 10.4. The van der Waals surface area contributed by atoms with E-state index in [9.17, 15) is 9.90 Å². The zero-order valence-electron chi connectivity index (χ0n) is 11.6. The molecule has 3 rings (SSSR count). The molecule has 104 valence electrons. The van der Waals surface area contributed by atoms with E-state index in [4.69, 9.17) is 0 Å². The van der Waals surface area contributed by atoms with Crippen LogP contribution in [0, 0.1) is 0 Å². The van der Waals surface area contributed by atoms with Crippen LogP contribution in [0.2, 0.25) is 0 Å². The summed E-state index contributed by atoms with van der Waals surface area (Å²) in [6.45, 7) is 3.88. The van der Waals surface area contributed by atoms with Crippen molar-refractivity contribution in [2.24, 2.45) is 0 Å². The van der Waals surface area contributed by atoms with Crippen LogP contribution in [0.25, 0.3) is 10.9 Å². The molecule has 1 saturated heterocycles. The molecule has 20 heavy (non-hydrogen) atoms. The molecule has 1 aliphatic heterocycles. The molecule has 0 radical (unpaired) electrons. The Morgan fingerprint density at radius 3 is 2.70 bits per heavy atom. The van der Waals surface area contributed by atoms with Gasteiger partial charge in [-0.1, -0.05) is 13.0 Å². The molecular weight excluding hydrogens is 252 g/mol. The Kier molecular flexibility index (Phi) is 3.30. The monoisotopic (exact) mass is 270 g/mol. The number of anilines is 1. The molecular formula is C16H18N2O2. The second-order valence-electron chi connectivity index (χ2n) is 5.24. The lowest BCUT2D eigenvalue weighted by Crippen LogP contribution is -2.22. The van der Waals surface area contributed by atoms with E-state index >= 15 is 0 Å². The fourth-order valence-corrected chi connectivity index (χ4v) is 2.76. The second-order valence-corrected chi connectivity index (χ2v) is 5.24. The number of aryl methyl sites for hydroxylation is 1. The third-order valence-corrected chi connectivity index (χ3v) is 3.90. The third-order valence-electron chi connectivity index (χ3n) is 3.90. The van der Waals surface area contributed by atoms with E-state index < -0.39 is 5.97 Å². The number of carbonyl (C=O) groups is 1. The first kappa shape index (κ1) is 12.9. The molecule has 0 atom stereocenters. The molecule has 0 bridgehead atoms. The summed E-state index contributed by atoms with van der Waals surface area (Å²) in [4.78, 5) is 18.2. The molecule has 0 spiro atoms. The smallest absolute Gasteiger partial charge is 0.339 e. The van der Waals surface area contributed by atoms with E-state index in [-0.39, 0.29) is 0 Å². The van der Waals surface area contributed by atoms with Crippen LogP contribution in [0.1, 0.15) is 35.7 Å². The lowest BCUT2D eigenvalue weighted by atomic mass is 10.1. The number of fused-ring (bicyclic) bond motifs is 1. The average Bonchev–Trinajstić information content (AvgIpc) is 2.99. The number of carboxylic acids is 1. The van der Waals surface area contributed by atoms with Gasteiger partial charge in [0.25, 0.3) is 0 Å². The molecule has 4 heteroatoms. The summed E-state index contributed by atoms with van der Waals surface area (Å²) >= 11 is 0. The SMILES string of the molecule is CCc1ccc2nc(N3CCCC3)c(C(=O)O)cc2c1. The van der Waals surface area contributed by atoms with Gasteiger partial charge in [-0.15, -0.1) is 0 Å². The lowest BCUT2D eigenvalue weighted by Gasteiger charge is -2.19. The minimum Gasteiger partial charge on any atom is -0.478 e. The summed E-state index contributed by atoms with van der Waals surface area (Å²) in [6, 6.07) is 7.84. The molecule has 1 aromatic heterocycles. The molecule has 0 aliphatic carbocycles. The number of hydrogen-bond acceptors (Lipinski definition) is 3. The molecule has 1 N–H and O–H groups in total. The largest absolute Gasteiger partial charge is 0.478 e. The van der Waals surface area contributed by atoms with Crippen molar-refractivity contribution in [3.8, 4) is 0 Å². The maximum Gasteiger partial charge on any atom is 0.339 e. The van der Waals surface area contributed by atoms with Crippen molar-refractivity contribution >= 4 is 22.7 Å². The number of hydrogen-bond donors (Lipinski definition) is 1. The Balaban J connectivity index is 2.17. The molecule has 2 heterocycles. The van der Waals surface area contributed by atoms with Gasteiger partial charge in [0.2, 0.25) is 0 Å². The van der Waals surface area contributed by atoms with Gasteiger partial charge in [-0.05, 0) is 43.0 Å². The van der Waals surface area contributed by atoms with Gasteiger partial charge in [0.1, 0.15) is 11.4 Å². The number of carboxylic acid groups (broad SMARTS) is 1. The van der Waals surface area contributed by atoms with Crippen LogP contribution in [-0.4, -0.2) is 29.1 Å². The van der Waals surface area contributed by atoms with Gasteiger partial charge < -0.3 is 10.0 Å². The van der Waals surface area contributed by atoms with E-state index in [2.05, 4.69) is 22.9 Å². The minimum atomic E-state index is -0.900. The molecule has 2 aromatic rings. The summed E-state index contributed by atoms with van der Waals surface area (Å²) in [5.41, 5.74) is 2.38. The fourth-order valence-electron chi connectivity index (χ4n) is 2.76. The number of benzene rings is 1. The number of aromatic nitrogens is 1. The van der Waals surface area contributed by atoms with Crippen molar-refractivity contribution in [1.29, 1.82) is 0 Å². The normalized spacial score (nSPS) is 14.9. The van der Waals surface area contributed by atoms with Crippen molar-refractivity contribution in [3.63, 3.8) is 0 Å². The average molecular weight is 270 g/mol. The summed E-state index contributed by atoms with van der Waals surface area (Å²) in [5.74, 6) is -0.282. The minimum absolute atomic E-state index is 0.313. The molecule has 0 unspecified atom stereocenters. The number of rotatable bonds is 3. The standard InChI is InChI=1S/C16H18N2O2/c1-2-11-5-6-14-12(9-11)10-13(16(19)20)15(17-14)18-7-3-4-8-18/h5-6,9-10H,2-4,7-8H2,1H3,(H,19,20). The molecule has 1 fully saturated rings. The van der Waals surface area contributed by atoms with Gasteiger partial charge in [0, 0.05) is 18.5 Å². The zero-order chi connectivity index (χ0) is 14.1. The van der Waals surface area contributed by atoms with Crippen molar-refractivity contribution in [1.82, 2.24) is 4.98 Å². The predicted molar refractivity (Wildman–Crippen MR) is 79.5 cm³/mol. The predicted octanol–water partition coefficient (Wildman–Crippen LogP) is 3.10. The van der Waals surface area contributed by atoms with Gasteiger partial charge in [-0.2, -0.15) is 0 Å². The van der Waals surface area contributed by atoms with Crippen LogP contribution < -0.4 is 4.90 Å². The van der Waals surface area contributed by atoms with Crippen molar-refractivity contribution in [2.75, 3.05) is 18.0 Å². The second kappa shape index (κ2) is 5.12. The molecule has 1 aromatic carbocycles. The van der Waals surface area contributed by atoms with Crippen molar-refractivity contribution in [3.05, 3.63) is 35.4 Å². The van der Waals surface area contributed by atoms with E-state index in [1.165, 1.54) is 5.56 Å². The van der Waals surface area contributed by atoms with Gasteiger partial charge in [-0.25, -0.2) is 9.78 Å². The van der Waals surface area contributed by atoms with E-state index in [0.29, 0.717) is 11.4 Å². The van der Waals surface area contributed by atoms with Crippen LogP contribution in [0.5, 0.6) is 0 Å². The van der Waals surface area contributed by atoms with E-state index in [0.717, 1.165) is 43.3 Å². The topological polar surface area (TPSA) is 53.4 Å². The molecule has 0 saturated carbocycles. The van der Waals surface area contributed by atoms with Crippen molar-refractivity contribution in [2.45, 2.75) is 26.2 Å². The highest BCUT2D eigenvalue weighted by Crippen LogP contribution is 2.27. The first-order valence-electron chi connectivity index (χ1n) is 7.11. The van der Waals surface area contributed by atoms with E-state index in [1.54, 1.807) is 6.07 Å². The maximum atomic E-state index is 11.5. The number of pyridine rings is 1. The highest BCUT2D eigenvalue weighted by atomic mass is 16.4. The van der Waals surface area contributed by atoms with Crippen LogP contribution in [0.15, 0.2) is 24.3 Å². The van der Waals surface area contributed by atoms with E-state index in [1.807, 2.05) is 12.1 Å². The van der Waals surface area contributed by atoms with Crippen LogP contribution in [0.4, 0.5) is 5.82 Å². The zero-order valence-corrected chi connectivity index (χ0v) is 11.6. The summed E-state index contributed by atoms with van der Waals surface area (Å²) in [7, 11) is 0. The highest BCUT2D eigenvalue weighted by Gasteiger charge is 2.21. The number of nitrogens with zero attached hydrogens (tertiary/aromatic N) is 2. The van der Waals surface area contributed by atoms with Gasteiger partial charge in [-0.3, -0.25) is 0 Å². The highest BCUT2D eigenvalue weighted by molar-refractivity contribution is 5.98. The summed E-state index contributed by atoms with van der Waals surface area (Å²) in [6.07, 6.45) is 3.15. The van der Waals surface area contributed by atoms with Crippen molar-refractivity contribution < 1.29 is 9.90 Å². The van der Waals surface area contributed by atoms with Gasteiger partial charge >= 0.3 is 5.97 Å². The Hall–Kier alpha value is -2.10. The Bertz CT molecular complexity index is 661. The fraction of sp³-hybridized carbons (Fsp3) is 0.375. The summed E-state index contributed by atoms with van der Waals surface area (Å²) < 4.78 is 0. The molecule has 4 nitrogen and oxygen atoms in total. The Morgan fingerprint density at radius 1 is 1.30 bits per heavy atom. The maximum absolute atomic E-state index is 11.5. The molecule has 0 amide bonds. The quantitative estimate of drug-likeness (QED) is 0.931. The van der Waals surface area contributed by atoms with Crippen LogP contribution >= 0.6 is 0 Å². The van der Waals surface area contributed by atoms with Crippen LogP contribution in [-0.2, 0) is 6.42 Å². The van der Waals surface area contributed by atoms with Gasteiger partial charge in [0.15, 0.2) is 0 Å². The first-order chi connectivity index (χ1) is 9.69. The van der Waals surface area contributed by atoms with Gasteiger partial charge in [0.05, 0.1) is 5.52 Å². The lowest BCUT2D eigenvalue weighted by molar-refractivity contribution is 0.0697. The Morgan fingerprint density at radius 2 is 2.05 bits per heavy atom. The van der Waals surface area contributed by atoms with Crippen LogP contribution in [0.3, 0.4) is 0 Å². The Labute approximate surface area is 118 Å². The molecule has 1 aliphatic rings. The number of aromatic carboxylic acids is 1. The first-order valence-corrected chi connectivity index (χ1v) is 7.11.